The molecule has 0 atom stereocenters. The fourth-order valence-corrected chi connectivity index (χ4v) is 3.07. The van der Waals surface area contributed by atoms with E-state index >= 15 is 0 Å². The highest BCUT2D eigenvalue weighted by atomic mass is 35.5. The van der Waals surface area contributed by atoms with Gasteiger partial charge in [0.25, 0.3) is 5.91 Å². The summed E-state index contributed by atoms with van der Waals surface area (Å²) in [7, 11) is 0. The highest BCUT2D eigenvalue weighted by Gasteiger charge is 2.16. The van der Waals surface area contributed by atoms with Gasteiger partial charge in [0.15, 0.2) is 0 Å². The number of thiophene rings is 1. The van der Waals surface area contributed by atoms with E-state index in [0.29, 0.717) is 28.7 Å². The van der Waals surface area contributed by atoms with Crippen LogP contribution in [0, 0.1) is 0 Å². The molecule has 2 nitrogen and oxygen atoms in total. The van der Waals surface area contributed by atoms with Crippen LogP contribution in [0.25, 0.3) is 0 Å². The number of benzene rings is 1. The Labute approximate surface area is 132 Å². The standard InChI is InChI=1S/C15H13Cl2NOS/c1-2-5-18(10-14-4-3-6-20-14)15(19)11-7-12(16)9-13(17)8-11/h2-4,6-9H,1,5,10H2. The van der Waals surface area contributed by atoms with Gasteiger partial charge in [0, 0.05) is 27.0 Å². The lowest BCUT2D eigenvalue weighted by Crippen LogP contribution is -2.30. The van der Waals surface area contributed by atoms with Crippen molar-refractivity contribution in [3.8, 4) is 0 Å². The summed E-state index contributed by atoms with van der Waals surface area (Å²) in [6.07, 6.45) is 1.71. The second-order valence-corrected chi connectivity index (χ2v) is 6.12. The summed E-state index contributed by atoms with van der Waals surface area (Å²) in [6.45, 7) is 4.72. The molecule has 20 heavy (non-hydrogen) atoms. The van der Waals surface area contributed by atoms with Crippen molar-refractivity contribution < 1.29 is 4.79 Å². The minimum Gasteiger partial charge on any atom is -0.330 e. The molecule has 104 valence electrons. The topological polar surface area (TPSA) is 20.3 Å². The largest absolute Gasteiger partial charge is 0.330 e. The second kappa shape index (κ2) is 6.93. The molecule has 1 heterocycles. The molecule has 1 amide bonds. The van der Waals surface area contributed by atoms with Crippen molar-refractivity contribution in [2.75, 3.05) is 6.54 Å². The summed E-state index contributed by atoms with van der Waals surface area (Å²) in [5, 5.41) is 2.90. The van der Waals surface area contributed by atoms with Gasteiger partial charge in [0.05, 0.1) is 6.54 Å². The van der Waals surface area contributed by atoms with E-state index < -0.39 is 0 Å². The number of carbonyl (C=O) groups excluding carboxylic acids is 1. The van der Waals surface area contributed by atoms with E-state index in [1.54, 1.807) is 40.5 Å². The summed E-state index contributed by atoms with van der Waals surface area (Å²) >= 11 is 13.5. The normalized spacial score (nSPS) is 10.3. The van der Waals surface area contributed by atoms with Crippen molar-refractivity contribution in [1.82, 2.24) is 4.90 Å². The zero-order chi connectivity index (χ0) is 14.5. The molecule has 1 aromatic heterocycles. The van der Waals surface area contributed by atoms with Crippen LogP contribution < -0.4 is 0 Å². The molecule has 0 spiro atoms. The first kappa shape index (κ1) is 15.1. The number of hydrogen-bond donors (Lipinski definition) is 0. The van der Waals surface area contributed by atoms with E-state index in [4.69, 9.17) is 23.2 Å². The van der Waals surface area contributed by atoms with Gasteiger partial charge in [-0.15, -0.1) is 17.9 Å². The summed E-state index contributed by atoms with van der Waals surface area (Å²) in [6, 6.07) is 8.82. The number of amides is 1. The summed E-state index contributed by atoms with van der Waals surface area (Å²) in [5.74, 6) is -0.109. The van der Waals surface area contributed by atoms with Crippen LogP contribution in [0.4, 0.5) is 0 Å². The molecule has 0 aliphatic rings. The van der Waals surface area contributed by atoms with Gasteiger partial charge in [0.1, 0.15) is 0 Å². The van der Waals surface area contributed by atoms with E-state index in [1.807, 2.05) is 17.5 Å². The van der Waals surface area contributed by atoms with Gasteiger partial charge in [-0.2, -0.15) is 0 Å². The first-order chi connectivity index (χ1) is 9.60. The molecule has 0 saturated heterocycles. The lowest BCUT2D eigenvalue weighted by atomic mass is 10.2. The fraction of sp³-hybridized carbons (Fsp3) is 0.133. The molecule has 0 aliphatic heterocycles. The van der Waals surface area contributed by atoms with E-state index in [2.05, 4.69) is 6.58 Å². The SMILES string of the molecule is C=CCN(Cc1cccs1)C(=O)c1cc(Cl)cc(Cl)c1. The average Bonchev–Trinajstić information content (AvgIpc) is 2.89. The molecule has 0 saturated carbocycles. The van der Waals surface area contributed by atoms with Crippen LogP contribution in [0.5, 0.6) is 0 Å². The highest BCUT2D eigenvalue weighted by Crippen LogP contribution is 2.21. The maximum absolute atomic E-state index is 12.5. The van der Waals surface area contributed by atoms with Crippen molar-refractivity contribution >= 4 is 40.4 Å². The predicted molar refractivity (Wildman–Crippen MR) is 85.7 cm³/mol. The Kier molecular flexibility index (Phi) is 5.24. The molecule has 2 rings (SSSR count). The fourth-order valence-electron chi connectivity index (χ4n) is 1.83. The van der Waals surface area contributed by atoms with Crippen LogP contribution >= 0.6 is 34.5 Å². The van der Waals surface area contributed by atoms with E-state index in [9.17, 15) is 4.79 Å². The minimum absolute atomic E-state index is 0.109. The molecule has 0 N–H and O–H groups in total. The highest BCUT2D eigenvalue weighted by molar-refractivity contribution is 7.09. The Morgan fingerprint density at radius 1 is 1.30 bits per heavy atom. The van der Waals surface area contributed by atoms with Gasteiger partial charge in [0.2, 0.25) is 0 Å². The summed E-state index contributed by atoms with van der Waals surface area (Å²) < 4.78 is 0. The molecule has 0 radical (unpaired) electrons. The first-order valence-corrected chi connectivity index (χ1v) is 7.62. The van der Waals surface area contributed by atoms with Gasteiger partial charge in [-0.1, -0.05) is 35.3 Å². The maximum Gasteiger partial charge on any atom is 0.254 e. The third-order valence-electron chi connectivity index (χ3n) is 2.67. The number of halogens is 2. The number of hydrogen-bond acceptors (Lipinski definition) is 2. The third-order valence-corrected chi connectivity index (χ3v) is 3.97. The molecule has 0 unspecified atom stereocenters. The molecule has 2 aromatic rings. The number of nitrogens with zero attached hydrogens (tertiary/aromatic N) is 1. The van der Waals surface area contributed by atoms with Gasteiger partial charge in [-0.05, 0) is 29.6 Å². The Hall–Kier alpha value is -1.29. The quantitative estimate of drug-likeness (QED) is 0.717. The van der Waals surface area contributed by atoms with Crippen molar-refractivity contribution in [3.63, 3.8) is 0 Å². The Bertz CT molecular complexity index is 590. The van der Waals surface area contributed by atoms with Crippen LogP contribution in [0.15, 0.2) is 48.4 Å². The zero-order valence-corrected chi connectivity index (χ0v) is 13.0. The van der Waals surface area contributed by atoms with Crippen LogP contribution in [0.2, 0.25) is 10.0 Å². The average molecular weight is 326 g/mol. The Morgan fingerprint density at radius 2 is 2.00 bits per heavy atom. The lowest BCUT2D eigenvalue weighted by molar-refractivity contribution is 0.0764. The van der Waals surface area contributed by atoms with Crippen molar-refractivity contribution in [1.29, 1.82) is 0 Å². The van der Waals surface area contributed by atoms with Crippen LogP contribution in [0.3, 0.4) is 0 Å². The first-order valence-electron chi connectivity index (χ1n) is 5.99. The van der Waals surface area contributed by atoms with Crippen molar-refractivity contribution in [2.24, 2.45) is 0 Å². The van der Waals surface area contributed by atoms with E-state index in [-0.39, 0.29) is 5.91 Å². The third kappa shape index (κ3) is 3.85. The van der Waals surface area contributed by atoms with Crippen molar-refractivity contribution in [2.45, 2.75) is 6.54 Å². The Morgan fingerprint density at radius 3 is 2.55 bits per heavy atom. The van der Waals surface area contributed by atoms with Crippen LogP contribution in [-0.2, 0) is 6.54 Å². The maximum atomic E-state index is 12.5. The predicted octanol–water partition coefficient (Wildman–Crippen LogP) is 4.88. The van der Waals surface area contributed by atoms with Gasteiger partial charge in [-0.25, -0.2) is 0 Å². The molecule has 5 heteroatoms. The molecular weight excluding hydrogens is 313 g/mol. The molecule has 0 bridgehead atoms. The number of carbonyl (C=O) groups is 1. The second-order valence-electron chi connectivity index (χ2n) is 4.21. The number of rotatable bonds is 5. The van der Waals surface area contributed by atoms with Gasteiger partial charge in [-0.3, -0.25) is 4.79 Å². The monoisotopic (exact) mass is 325 g/mol. The van der Waals surface area contributed by atoms with E-state index in [1.165, 1.54) is 0 Å². The van der Waals surface area contributed by atoms with Gasteiger partial charge >= 0.3 is 0 Å². The van der Waals surface area contributed by atoms with Gasteiger partial charge < -0.3 is 4.90 Å². The summed E-state index contributed by atoms with van der Waals surface area (Å²) in [5.41, 5.74) is 0.487. The molecule has 0 aliphatic carbocycles. The summed E-state index contributed by atoms with van der Waals surface area (Å²) in [4.78, 5) is 15.4. The lowest BCUT2D eigenvalue weighted by Gasteiger charge is -2.20. The van der Waals surface area contributed by atoms with E-state index in [0.717, 1.165) is 4.88 Å². The molecule has 0 fully saturated rings. The smallest absolute Gasteiger partial charge is 0.254 e. The molecule has 1 aromatic carbocycles. The van der Waals surface area contributed by atoms with Crippen molar-refractivity contribution in [3.05, 3.63) is 68.9 Å². The molecular formula is C15H13Cl2NOS. The zero-order valence-electron chi connectivity index (χ0n) is 10.7. The minimum atomic E-state index is -0.109. The Balaban J connectivity index is 2.23. The van der Waals surface area contributed by atoms with Crippen LogP contribution in [-0.4, -0.2) is 17.4 Å². The van der Waals surface area contributed by atoms with Crippen LogP contribution in [0.1, 0.15) is 15.2 Å².